The second-order valence-corrected chi connectivity index (χ2v) is 8.50. The molecule has 0 heterocycles. The minimum Gasteiger partial charge on any atom is -0.507 e. The number of phenols is 2. The minimum atomic E-state index is -0.00971. The van der Waals surface area contributed by atoms with Crippen LogP contribution in [0.1, 0.15) is 59.4 Å². The zero-order valence-corrected chi connectivity index (χ0v) is 19.9. The Morgan fingerprint density at radius 1 is 0.903 bits per heavy atom. The van der Waals surface area contributed by atoms with E-state index < -0.39 is 0 Å². The van der Waals surface area contributed by atoms with E-state index in [0.717, 1.165) is 30.2 Å². The van der Waals surface area contributed by atoms with Gasteiger partial charge in [0.1, 0.15) is 23.0 Å². The molecule has 0 aromatic heterocycles. The molecule has 4 heteroatoms. The van der Waals surface area contributed by atoms with Gasteiger partial charge in [0.05, 0.1) is 19.6 Å². The Labute approximate surface area is 186 Å². The first-order chi connectivity index (χ1) is 14.7. The van der Waals surface area contributed by atoms with Crippen molar-refractivity contribution in [2.45, 2.75) is 60.3 Å². The van der Waals surface area contributed by atoms with Crippen LogP contribution in [-0.2, 0) is 6.42 Å². The Hall–Kier alpha value is -2.88. The maximum atomic E-state index is 10.7. The van der Waals surface area contributed by atoms with E-state index in [1.807, 2.05) is 6.07 Å². The van der Waals surface area contributed by atoms with Gasteiger partial charge in [-0.1, -0.05) is 34.4 Å². The third kappa shape index (κ3) is 6.30. The van der Waals surface area contributed by atoms with Gasteiger partial charge in [0.25, 0.3) is 0 Å². The second-order valence-electron chi connectivity index (χ2n) is 8.50. The Morgan fingerprint density at radius 2 is 1.61 bits per heavy atom. The summed E-state index contributed by atoms with van der Waals surface area (Å²) >= 11 is 0. The summed E-state index contributed by atoms with van der Waals surface area (Å²) in [5, 5.41) is 22.5. The molecule has 4 nitrogen and oxygen atoms in total. The summed E-state index contributed by atoms with van der Waals surface area (Å²) in [7, 11) is 3.15. The van der Waals surface area contributed by atoms with Crippen LogP contribution in [0.3, 0.4) is 0 Å². The molecule has 0 amide bonds. The van der Waals surface area contributed by atoms with E-state index in [-0.39, 0.29) is 11.5 Å². The zero-order valence-electron chi connectivity index (χ0n) is 19.9. The van der Waals surface area contributed by atoms with Crippen molar-refractivity contribution in [2.75, 3.05) is 14.2 Å². The fourth-order valence-electron chi connectivity index (χ4n) is 3.64. The summed E-state index contributed by atoms with van der Waals surface area (Å²) in [5.74, 6) is 1.19. The lowest BCUT2D eigenvalue weighted by Gasteiger charge is -2.17. The molecule has 0 aliphatic rings. The van der Waals surface area contributed by atoms with Gasteiger partial charge in [-0.3, -0.25) is 0 Å². The molecule has 0 saturated heterocycles. The van der Waals surface area contributed by atoms with E-state index in [1.54, 1.807) is 20.3 Å². The third-order valence-corrected chi connectivity index (χ3v) is 5.58. The van der Waals surface area contributed by atoms with E-state index in [9.17, 15) is 10.2 Å². The lowest BCUT2D eigenvalue weighted by molar-refractivity contribution is 0.396. The molecule has 0 saturated carbocycles. The number of ether oxygens (including phenoxy) is 2. The molecule has 31 heavy (non-hydrogen) atoms. The average molecular weight is 425 g/mol. The smallest absolute Gasteiger partial charge is 0.134 e. The first-order valence-corrected chi connectivity index (χ1v) is 10.7. The number of rotatable bonds is 9. The maximum Gasteiger partial charge on any atom is 0.134 e. The number of phenolic OH excluding ortho intramolecular Hbond substituents is 2. The molecule has 0 bridgehead atoms. The van der Waals surface area contributed by atoms with Crippen LogP contribution >= 0.6 is 0 Å². The van der Waals surface area contributed by atoms with Crippen molar-refractivity contribution >= 4 is 10.8 Å². The fourth-order valence-corrected chi connectivity index (χ4v) is 3.64. The van der Waals surface area contributed by atoms with Gasteiger partial charge in [-0.2, -0.15) is 0 Å². The Morgan fingerprint density at radius 3 is 2.19 bits per heavy atom. The number of hydrogen-bond acceptors (Lipinski definition) is 4. The van der Waals surface area contributed by atoms with Crippen LogP contribution in [0, 0.1) is 0 Å². The van der Waals surface area contributed by atoms with Gasteiger partial charge >= 0.3 is 0 Å². The molecule has 2 rings (SSSR count). The first-order valence-electron chi connectivity index (χ1n) is 10.7. The van der Waals surface area contributed by atoms with E-state index in [2.05, 4.69) is 46.8 Å². The van der Waals surface area contributed by atoms with Crippen molar-refractivity contribution in [3.63, 3.8) is 0 Å². The van der Waals surface area contributed by atoms with E-state index in [4.69, 9.17) is 9.47 Å². The Balaban J connectivity index is 2.43. The molecular formula is C27H36O4. The first kappa shape index (κ1) is 24.4. The Kier molecular flexibility index (Phi) is 8.61. The topological polar surface area (TPSA) is 58.9 Å². The van der Waals surface area contributed by atoms with Gasteiger partial charge < -0.3 is 19.7 Å². The molecule has 168 valence electrons. The zero-order chi connectivity index (χ0) is 23.1. The van der Waals surface area contributed by atoms with E-state index in [0.29, 0.717) is 23.3 Å². The monoisotopic (exact) mass is 424 g/mol. The standard InChI is InChI=1S/C27H36O4/c1-17(2)9-8-10-19(5)11-12-20(18(3)4)13-22-23-14-21(30-6)15-26(31-7)27(23)25(29)16-24(22)28/h9,11,14-16,28-29H,8,10,12-13H2,1-7H3/b19-11+. The van der Waals surface area contributed by atoms with Crippen LogP contribution in [-0.4, -0.2) is 24.4 Å². The van der Waals surface area contributed by atoms with Crippen molar-refractivity contribution < 1.29 is 19.7 Å². The number of aromatic hydroxyl groups is 2. The summed E-state index contributed by atoms with van der Waals surface area (Å²) in [6, 6.07) is 4.98. The van der Waals surface area contributed by atoms with Crippen LogP contribution in [0.15, 0.2) is 52.6 Å². The fraction of sp³-hybridized carbons (Fsp3) is 0.407. The number of methoxy groups -OCH3 is 2. The van der Waals surface area contributed by atoms with Gasteiger partial charge in [-0.05, 0) is 71.8 Å². The van der Waals surface area contributed by atoms with Crippen LogP contribution in [0.25, 0.3) is 10.8 Å². The molecule has 0 aliphatic heterocycles. The van der Waals surface area contributed by atoms with E-state index in [1.165, 1.54) is 28.4 Å². The summed E-state index contributed by atoms with van der Waals surface area (Å²) in [5.41, 5.74) is 5.93. The van der Waals surface area contributed by atoms with Crippen LogP contribution < -0.4 is 9.47 Å². The molecular weight excluding hydrogens is 388 g/mol. The second kappa shape index (κ2) is 10.9. The molecule has 0 atom stereocenters. The van der Waals surface area contributed by atoms with Crippen molar-refractivity contribution in [1.82, 2.24) is 0 Å². The molecule has 2 N–H and O–H groups in total. The lowest BCUT2D eigenvalue weighted by Crippen LogP contribution is -1.98. The van der Waals surface area contributed by atoms with Gasteiger partial charge in [0.15, 0.2) is 0 Å². The summed E-state index contributed by atoms with van der Waals surface area (Å²) in [6.45, 7) is 10.6. The van der Waals surface area contributed by atoms with Gasteiger partial charge in [-0.25, -0.2) is 0 Å². The molecule has 0 aliphatic carbocycles. The third-order valence-electron chi connectivity index (χ3n) is 5.58. The van der Waals surface area contributed by atoms with Crippen LogP contribution in [0.2, 0.25) is 0 Å². The molecule has 2 aromatic rings. The number of allylic oxidation sites excluding steroid dienone is 6. The lowest BCUT2D eigenvalue weighted by atomic mass is 9.92. The van der Waals surface area contributed by atoms with Gasteiger partial charge in [0.2, 0.25) is 0 Å². The average Bonchev–Trinajstić information content (AvgIpc) is 2.71. The minimum absolute atomic E-state index is 0.00971. The largest absolute Gasteiger partial charge is 0.507 e. The van der Waals surface area contributed by atoms with Gasteiger partial charge in [-0.15, -0.1) is 0 Å². The summed E-state index contributed by atoms with van der Waals surface area (Å²) in [4.78, 5) is 0. The summed E-state index contributed by atoms with van der Waals surface area (Å²) < 4.78 is 10.9. The predicted molar refractivity (Wildman–Crippen MR) is 129 cm³/mol. The van der Waals surface area contributed by atoms with Crippen molar-refractivity contribution in [1.29, 1.82) is 0 Å². The molecule has 0 fully saturated rings. The number of fused-ring (bicyclic) bond motifs is 1. The van der Waals surface area contributed by atoms with E-state index >= 15 is 0 Å². The number of benzene rings is 2. The highest BCUT2D eigenvalue weighted by atomic mass is 16.5. The van der Waals surface area contributed by atoms with Crippen LogP contribution in [0.4, 0.5) is 0 Å². The quantitative estimate of drug-likeness (QED) is 0.417. The molecule has 0 spiro atoms. The van der Waals surface area contributed by atoms with Crippen molar-refractivity contribution in [2.24, 2.45) is 0 Å². The normalized spacial score (nSPS) is 11.4. The number of hydrogen-bond donors (Lipinski definition) is 2. The van der Waals surface area contributed by atoms with Crippen molar-refractivity contribution in [3.05, 3.63) is 58.2 Å². The van der Waals surface area contributed by atoms with Crippen LogP contribution in [0.5, 0.6) is 23.0 Å². The summed E-state index contributed by atoms with van der Waals surface area (Å²) in [6.07, 6.45) is 8.05. The Bertz CT molecular complexity index is 1020. The van der Waals surface area contributed by atoms with Gasteiger partial charge in [0, 0.05) is 17.7 Å². The highest BCUT2D eigenvalue weighted by Crippen LogP contribution is 2.43. The molecule has 2 aromatic carbocycles. The molecule has 0 unspecified atom stereocenters. The predicted octanol–water partition coefficient (Wildman–Crippen LogP) is 7.23. The highest BCUT2D eigenvalue weighted by Gasteiger charge is 2.18. The maximum absolute atomic E-state index is 10.7. The van der Waals surface area contributed by atoms with Crippen molar-refractivity contribution in [3.8, 4) is 23.0 Å². The SMILES string of the molecule is COc1cc(OC)c2c(O)cc(O)c(CC(C/C=C(\C)CCC=C(C)C)=C(C)C)c2c1. The molecule has 0 radical (unpaired) electrons. The highest BCUT2D eigenvalue weighted by molar-refractivity contribution is 5.98.